The second-order valence-electron chi connectivity index (χ2n) is 13.1. The van der Waals surface area contributed by atoms with Crippen molar-refractivity contribution in [1.29, 1.82) is 0 Å². The van der Waals surface area contributed by atoms with Crippen LogP contribution in [0.2, 0.25) is 0 Å². The van der Waals surface area contributed by atoms with Gasteiger partial charge in [-0.15, -0.1) is 0 Å². The molecule has 1 aliphatic heterocycles. The standard InChI is InChI=1S/C26H47N3O5.C5H10/c1-16-25(2,31)24-23(32-3)21(33-22(30)14-17-4-6-18(27)7-5-17)12-13-26(24,34-16)15-29-20-10-8-19(28)9-11-20;1-4-5(2)3/h16-21,23-24,29,31H,4-15,27-28H2,1-3H3;4H,1-3H3. The normalized spacial score (nSPS) is 42.1. The Morgan fingerprint density at radius 3 is 2.15 bits per heavy atom. The Kier molecular flexibility index (Phi) is 11.9. The second kappa shape index (κ2) is 14.2. The number of carbonyl (C=O) groups is 1. The minimum absolute atomic E-state index is 0.164. The van der Waals surface area contributed by atoms with Crippen molar-refractivity contribution in [3.63, 3.8) is 0 Å². The van der Waals surface area contributed by atoms with Gasteiger partial charge in [0, 0.05) is 38.2 Å². The van der Waals surface area contributed by atoms with Gasteiger partial charge in [-0.3, -0.25) is 4.79 Å². The molecule has 226 valence electrons. The maximum atomic E-state index is 12.9. The van der Waals surface area contributed by atoms with E-state index in [2.05, 4.69) is 25.2 Å². The van der Waals surface area contributed by atoms with Crippen molar-refractivity contribution in [2.75, 3.05) is 13.7 Å². The van der Waals surface area contributed by atoms with Crippen molar-refractivity contribution in [2.24, 2.45) is 23.3 Å². The Morgan fingerprint density at radius 1 is 1.05 bits per heavy atom. The third-order valence-electron chi connectivity index (χ3n) is 9.92. The molecule has 1 saturated heterocycles. The molecule has 3 aliphatic carbocycles. The van der Waals surface area contributed by atoms with Crippen molar-refractivity contribution in [3.05, 3.63) is 11.6 Å². The average Bonchev–Trinajstić information content (AvgIpc) is 3.10. The van der Waals surface area contributed by atoms with Crippen LogP contribution >= 0.6 is 0 Å². The Balaban J connectivity index is 0.000000771. The van der Waals surface area contributed by atoms with Gasteiger partial charge in [-0.05, 0) is 105 Å². The zero-order valence-corrected chi connectivity index (χ0v) is 25.4. The number of allylic oxidation sites excluding steroid dienone is 2. The third kappa shape index (κ3) is 8.26. The van der Waals surface area contributed by atoms with E-state index in [-0.39, 0.29) is 30.1 Å². The first-order chi connectivity index (χ1) is 18.4. The second-order valence-corrected chi connectivity index (χ2v) is 13.1. The number of fused-ring (bicyclic) bond motifs is 1. The fraction of sp³-hybridized carbons (Fsp3) is 0.903. The molecular formula is C31H57N3O5. The first-order valence-electron chi connectivity index (χ1n) is 15.4. The number of aliphatic hydroxyl groups is 1. The van der Waals surface area contributed by atoms with Crippen LogP contribution in [0.5, 0.6) is 0 Å². The summed E-state index contributed by atoms with van der Waals surface area (Å²) in [5.74, 6) is -0.109. The quantitative estimate of drug-likeness (QED) is 0.276. The molecule has 6 unspecified atom stereocenters. The summed E-state index contributed by atoms with van der Waals surface area (Å²) in [6, 6.07) is 0.988. The molecule has 6 atom stereocenters. The largest absolute Gasteiger partial charge is 0.460 e. The average molecular weight is 552 g/mol. The molecule has 3 saturated carbocycles. The highest BCUT2D eigenvalue weighted by molar-refractivity contribution is 5.70. The Hall–Kier alpha value is -1.03. The van der Waals surface area contributed by atoms with Crippen LogP contribution in [0.1, 0.15) is 105 Å². The fourth-order valence-corrected chi connectivity index (χ4v) is 7.08. The number of methoxy groups -OCH3 is 1. The topological polar surface area (TPSA) is 129 Å². The van der Waals surface area contributed by atoms with Gasteiger partial charge in [0.2, 0.25) is 0 Å². The van der Waals surface area contributed by atoms with Crippen molar-refractivity contribution in [3.8, 4) is 0 Å². The minimum atomic E-state index is -1.08. The SMILES string of the molecule is CC=C(C)C.COC1C(OC(=O)CC2CCC(N)CC2)CCC2(CNC3CCC(N)CC3)OC(C)C(C)(O)C12. The lowest BCUT2D eigenvalue weighted by Gasteiger charge is -2.48. The summed E-state index contributed by atoms with van der Waals surface area (Å²) < 4.78 is 18.5. The fourth-order valence-electron chi connectivity index (χ4n) is 7.08. The molecule has 8 nitrogen and oxygen atoms in total. The maximum absolute atomic E-state index is 12.9. The summed E-state index contributed by atoms with van der Waals surface area (Å²) in [4.78, 5) is 12.9. The highest BCUT2D eigenvalue weighted by Gasteiger charge is 2.65. The molecule has 0 bridgehead atoms. The highest BCUT2D eigenvalue weighted by atomic mass is 16.6. The number of nitrogens with two attached hydrogens (primary N) is 2. The summed E-state index contributed by atoms with van der Waals surface area (Å²) >= 11 is 0. The van der Waals surface area contributed by atoms with Crippen LogP contribution in [0.15, 0.2) is 11.6 Å². The number of nitrogens with one attached hydrogen (secondary N) is 1. The van der Waals surface area contributed by atoms with Gasteiger partial charge >= 0.3 is 5.97 Å². The van der Waals surface area contributed by atoms with E-state index in [0.717, 1.165) is 51.4 Å². The lowest BCUT2D eigenvalue weighted by molar-refractivity contribution is -0.189. The van der Waals surface area contributed by atoms with E-state index < -0.39 is 17.3 Å². The lowest BCUT2D eigenvalue weighted by atomic mass is 9.66. The third-order valence-corrected chi connectivity index (χ3v) is 9.92. The monoisotopic (exact) mass is 551 g/mol. The van der Waals surface area contributed by atoms with Crippen LogP contribution in [0.3, 0.4) is 0 Å². The van der Waals surface area contributed by atoms with Gasteiger partial charge in [-0.1, -0.05) is 11.6 Å². The number of rotatable bonds is 7. The van der Waals surface area contributed by atoms with E-state index >= 15 is 0 Å². The van der Waals surface area contributed by atoms with Crippen molar-refractivity contribution >= 4 is 5.97 Å². The highest BCUT2D eigenvalue weighted by Crippen LogP contribution is 2.52. The van der Waals surface area contributed by atoms with Gasteiger partial charge in [0.25, 0.3) is 0 Å². The van der Waals surface area contributed by atoms with Gasteiger partial charge in [-0.25, -0.2) is 0 Å². The Morgan fingerprint density at radius 2 is 1.62 bits per heavy atom. The van der Waals surface area contributed by atoms with Crippen LogP contribution in [0, 0.1) is 11.8 Å². The molecular weight excluding hydrogens is 494 g/mol. The zero-order valence-electron chi connectivity index (χ0n) is 25.4. The summed E-state index contributed by atoms with van der Waals surface area (Å²) in [6.45, 7) is 10.6. The molecule has 1 heterocycles. The molecule has 39 heavy (non-hydrogen) atoms. The van der Waals surface area contributed by atoms with E-state index in [1.807, 2.05) is 20.8 Å². The molecule has 4 fully saturated rings. The number of esters is 1. The van der Waals surface area contributed by atoms with Crippen molar-refractivity contribution in [1.82, 2.24) is 5.32 Å². The van der Waals surface area contributed by atoms with E-state index in [0.29, 0.717) is 43.8 Å². The molecule has 0 amide bonds. The number of carbonyl (C=O) groups excluding carboxylic acids is 1. The van der Waals surface area contributed by atoms with Gasteiger partial charge in [0.15, 0.2) is 0 Å². The van der Waals surface area contributed by atoms with Crippen molar-refractivity contribution < 1.29 is 24.1 Å². The van der Waals surface area contributed by atoms with E-state index in [4.69, 9.17) is 25.7 Å². The Labute approximate surface area is 237 Å². The zero-order chi connectivity index (χ0) is 28.8. The molecule has 0 aromatic rings. The minimum Gasteiger partial charge on any atom is -0.460 e. The number of ether oxygens (including phenoxy) is 3. The molecule has 0 radical (unpaired) electrons. The van der Waals surface area contributed by atoms with Gasteiger partial charge < -0.3 is 36.1 Å². The summed E-state index contributed by atoms with van der Waals surface area (Å²) in [5.41, 5.74) is 11.8. The van der Waals surface area contributed by atoms with Gasteiger partial charge in [0.1, 0.15) is 12.2 Å². The summed E-state index contributed by atoms with van der Waals surface area (Å²) in [6.07, 6.45) is 10.9. The van der Waals surface area contributed by atoms with Crippen LogP contribution in [-0.2, 0) is 19.0 Å². The predicted octanol–water partition coefficient (Wildman–Crippen LogP) is 3.97. The molecule has 8 heteroatoms. The molecule has 6 N–H and O–H groups in total. The number of hydrogen-bond acceptors (Lipinski definition) is 8. The summed E-state index contributed by atoms with van der Waals surface area (Å²) in [7, 11) is 1.65. The predicted molar refractivity (Wildman–Crippen MR) is 155 cm³/mol. The van der Waals surface area contributed by atoms with Crippen molar-refractivity contribution in [2.45, 2.75) is 153 Å². The van der Waals surface area contributed by atoms with Gasteiger partial charge in [0.05, 0.1) is 23.2 Å². The Bertz CT molecular complexity index is 800. The van der Waals surface area contributed by atoms with Crippen LogP contribution in [-0.4, -0.2) is 72.4 Å². The lowest BCUT2D eigenvalue weighted by Crippen LogP contribution is -2.62. The van der Waals surface area contributed by atoms with Crippen LogP contribution in [0.25, 0.3) is 0 Å². The maximum Gasteiger partial charge on any atom is 0.306 e. The van der Waals surface area contributed by atoms with E-state index in [9.17, 15) is 9.90 Å². The first kappa shape index (κ1) is 32.5. The van der Waals surface area contributed by atoms with Crippen LogP contribution in [0.4, 0.5) is 0 Å². The summed E-state index contributed by atoms with van der Waals surface area (Å²) in [5, 5.41) is 15.3. The molecule has 0 spiro atoms. The molecule has 0 aromatic carbocycles. The first-order valence-corrected chi connectivity index (χ1v) is 15.4. The molecule has 4 rings (SSSR count). The smallest absolute Gasteiger partial charge is 0.306 e. The molecule has 0 aromatic heterocycles. The molecule has 4 aliphatic rings. The van der Waals surface area contributed by atoms with Crippen LogP contribution < -0.4 is 16.8 Å². The number of hydrogen-bond donors (Lipinski definition) is 4. The van der Waals surface area contributed by atoms with E-state index in [1.54, 1.807) is 7.11 Å². The van der Waals surface area contributed by atoms with Gasteiger partial charge in [-0.2, -0.15) is 0 Å². The van der Waals surface area contributed by atoms with E-state index in [1.165, 1.54) is 5.57 Å².